The molecule has 0 aromatic carbocycles. The third-order valence-electron chi connectivity index (χ3n) is 11.6. The normalized spacial score (nSPS) is 44.5. The number of ether oxygens (including phenoxy) is 2. The summed E-state index contributed by atoms with van der Waals surface area (Å²) in [5.74, 6) is -3.72. The number of urea groups is 1. The van der Waals surface area contributed by atoms with Crippen LogP contribution in [0.1, 0.15) is 66.7 Å². The Kier molecular flexibility index (Phi) is 7.58. The van der Waals surface area contributed by atoms with E-state index in [1.807, 2.05) is 25.6 Å². The molecule has 4 aliphatic carbocycles. The summed E-state index contributed by atoms with van der Waals surface area (Å²) in [7, 11) is 0. The average Bonchev–Trinajstić information content (AvgIpc) is 3.27. The van der Waals surface area contributed by atoms with E-state index in [2.05, 4.69) is 10.6 Å². The van der Waals surface area contributed by atoms with Gasteiger partial charge in [-0.25, -0.2) is 4.79 Å². The first-order chi connectivity index (χ1) is 20.6. The van der Waals surface area contributed by atoms with Crippen LogP contribution in [0.2, 0.25) is 0 Å². The number of rotatable bonds is 8. The number of aliphatic hydroxyl groups is 3. The minimum atomic E-state index is -1.96. The number of carbonyl (C=O) groups excluding carboxylic acids is 4. The lowest BCUT2D eigenvalue weighted by Crippen LogP contribution is -2.66. The molecule has 11 atom stereocenters. The van der Waals surface area contributed by atoms with E-state index in [1.165, 1.54) is 6.92 Å². The largest absolute Gasteiger partial charge is 0.458 e. The van der Waals surface area contributed by atoms with Crippen molar-refractivity contribution in [2.75, 3.05) is 12.4 Å². The van der Waals surface area contributed by atoms with Gasteiger partial charge in [0.25, 0.3) is 0 Å². The Hall–Kier alpha value is -2.41. The van der Waals surface area contributed by atoms with Crippen molar-refractivity contribution >= 4 is 35.5 Å². The molecular formula is C32H44N2O9S. The van der Waals surface area contributed by atoms with E-state index in [9.17, 15) is 34.5 Å². The molecule has 2 aliphatic heterocycles. The van der Waals surface area contributed by atoms with Gasteiger partial charge in [-0.15, -0.1) is 0 Å². The van der Waals surface area contributed by atoms with Crippen LogP contribution in [0.3, 0.4) is 0 Å². The van der Waals surface area contributed by atoms with Crippen molar-refractivity contribution in [2.45, 2.75) is 107 Å². The smallest absolute Gasteiger partial charge is 0.315 e. The molecule has 2 saturated carbocycles. The summed E-state index contributed by atoms with van der Waals surface area (Å²) in [6.07, 6.45) is 4.48. The molecule has 5 N–H and O–H groups in total. The van der Waals surface area contributed by atoms with E-state index >= 15 is 0 Å². The van der Waals surface area contributed by atoms with Crippen LogP contribution in [0.4, 0.5) is 4.79 Å². The predicted molar refractivity (Wildman–Crippen MR) is 160 cm³/mol. The molecule has 3 unspecified atom stereocenters. The number of hydrogen-bond acceptors (Lipinski definition) is 10. The van der Waals surface area contributed by atoms with Crippen LogP contribution in [-0.2, 0) is 23.9 Å². The van der Waals surface area contributed by atoms with Gasteiger partial charge in [0.1, 0.15) is 11.7 Å². The molecule has 6 aliphatic rings. The second kappa shape index (κ2) is 10.6. The molecule has 0 aromatic heterocycles. The molecule has 0 aromatic rings. The van der Waals surface area contributed by atoms with Crippen LogP contribution < -0.4 is 10.6 Å². The van der Waals surface area contributed by atoms with Crippen LogP contribution in [0.25, 0.3) is 0 Å². The van der Waals surface area contributed by atoms with Gasteiger partial charge in [-0.05, 0) is 30.9 Å². The Morgan fingerprint density at radius 3 is 2.55 bits per heavy atom. The number of hydrogen-bond donors (Lipinski definition) is 5. The fourth-order valence-electron chi connectivity index (χ4n) is 9.52. The Morgan fingerprint density at radius 1 is 1.14 bits per heavy atom. The molecule has 2 heterocycles. The zero-order chi connectivity index (χ0) is 32.0. The second-order valence-corrected chi connectivity index (χ2v) is 15.6. The number of carbonyl (C=O) groups is 4. The van der Waals surface area contributed by atoms with Crippen molar-refractivity contribution < 1.29 is 44.0 Å². The third-order valence-corrected chi connectivity index (χ3v) is 13.1. The molecule has 2 saturated heterocycles. The van der Waals surface area contributed by atoms with Gasteiger partial charge in [-0.1, -0.05) is 39.3 Å². The van der Waals surface area contributed by atoms with E-state index in [4.69, 9.17) is 9.47 Å². The van der Waals surface area contributed by atoms with Crippen LogP contribution in [0.5, 0.6) is 0 Å². The average molecular weight is 633 g/mol. The molecule has 44 heavy (non-hydrogen) atoms. The standard InChI is InChI=1S/C32H44N2O9S/c1-15-10-22-30(40,26(15)38)12-18(13-35)11-19-25-29(4,5)32(25,43-17(3)36)27(16(2)31(19,22)41)42-23(37)9-7-6-8-21-24-20(14-44-21)33-28(39)34-24/h10-11,16,19-22,24-25,27,35,40-41H,6-9,12-14H2,1-5H3,(H2,33,34,39)/t16-,19+,20?,21?,22-,24?,25-,27-,30-,31-,32-/m1/s1. The van der Waals surface area contributed by atoms with Gasteiger partial charge >= 0.3 is 18.0 Å². The number of aliphatic hydroxyl groups excluding tert-OH is 1. The van der Waals surface area contributed by atoms with E-state index in [0.717, 1.165) is 18.6 Å². The minimum absolute atomic E-state index is 0.0904. The number of amides is 2. The van der Waals surface area contributed by atoms with Gasteiger partial charge in [0.15, 0.2) is 11.4 Å². The van der Waals surface area contributed by atoms with Crippen molar-refractivity contribution in [3.8, 4) is 0 Å². The topological polar surface area (TPSA) is 171 Å². The van der Waals surface area contributed by atoms with Gasteiger partial charge in [-0.2, -0.15) is 11.8 Å². The fourth-order valence-corrected chi connectivity index (χ4v) is 11.1. The lowest BCUT2D eigenvalue weighted by atomic mass is 9.59. The molecule has 6 rings (SSSR count). The monoisotopic (exact) mass is 632 g/mol. The lowest BCUT2D eigenvalue weighted by Gasteiger charge is -2.53. The van der Waals surface area contributed by atoms with E-state index in [1.54, 1.807) is 26.0 Å². The third kappa shape index (κ3) is 4.34. The maximum Gasteiger partial charge on any atom is 0.315 e. The summed E-state index contributed by atoms with van der Waals surface area (Å²) >= 11 is 1.82. The Labute approximate surface area is 261 Å². The zero-order valence-electron chi connectivity index (χ0n) is 25.9. The quantitative estimate of drug-likeness (QED) is 0.115. The van der Waals surface area contributed by atoms with Crippen LogP contribution in [-0.4, -0.2) is 91.7 Å². The highest BCUT2D eigenvalue weighted by Gasteiger charge is 2.87. The SMILES string of the molecule is CC(=O)O[C@@]12[C@H](OC(=O)CCCCC3SCC4NC(=O)NC43)[C@@H](C)[C@@]3(O)[C@@H](C=C(CO)C[C@]4(O)C(=O)C(C)=C[C@@H]34)[C@@H]1C2(C)C. The highest BCUT2D eigenvalue weighted by atomic mass is 32.2. The first-order valence-electron chi connectivity index (χ1n) is 15.7. The first-order valence-corrected chi connectivity index (χ1v) is 16.7. The highest BCUT2D eigenvalue weighted by molar-refractivity contribution is 8.00. The second-order valence-electron chi connectivity index (χ2n) is 14.3. The lowest BCUT2D eigenvalue weighted by molar-refractivity contribution is -0.228. The molecule has 11 nitrogen and oxygen atoms in total. The van der Waals surface area contributed by atoms with Gasteiger partial charge in [0.2, 0.25) is 0 Å². The van der Waals surface area contributed by atoms with E-state index in [0.29, 0.717) is 17.6 Å². The maximum absolute atomic E-state index is 13.4. The number of fused-ring (bicyclic) bond motifs is 6. The fraction of sp³-hybridized carbons (Fsp3) is 0.750. The van der Waals surface area contributed by atoms with Crippen molar-refractivity contribution in [3.63, 3.8) is 0 Å². The van der Waals surface area contributed by atoms with Crippen LogP contribution in [0.15, 0.2) is 23.3 Å². The van der Waals surface area contributed by atoms with E-state index in [-0.39, 0.29) is 36.2 Å². The van der Waals surface area contributed by atoms with E-state index < -0.39 is 76.3 Å². The molecule has 12 heteroatoms. The Balaban J connectivity index is 1.25. The summed E-state index contributed by atoms with van der Waals surface area (Å²) in [6.45, 7) is 8.05. The zero-order valence-corrected chi connectivity index (χ0v) is 26.7. The number of nitrogens with one attached hydrogen (secondary N) is 2. The van der Waals surface area contributed by atoms with Crippen LogP contribution in [0, 0.1) is 29.1 Å². The number of Topliss-reactive ketones (excluding diaryl/α,β-unsaturated/α-hetero) is 1. The molecule has 4 fully saturated rings. The summed E-state index contributed by atoms with van der Waals surface area (Å²) in [5.41, 5.74) is -4.93. The highest BCUT2D eigenvalue weighted by Crippen LogP contribution is 2.77. The Morgan fingerprint density at radius 2 is 1.86 bits per heavy atom. The van der Waals surface area contributed by atoms with Crippen molar-refractivity contribution in [2.24, 2.45) is 29.1 Å². The molecule has 0 radical (unpaired) electrons. The van der Waals surface area contributed by atoms with Crippen molar-refractivity contribution in [3.05, 3.63) is 23.3 Å². The Bertz CT molecular complexity index is 1350. The van der Waals surface area contributed by atoms with Gasteiger partial charge < -0.3 is 35.4 Å². The molecule has 242 valence electrons. The molecule has 0 bridgehead atoms. The summed E-state index contributed by atoms with van der Waals surface area (Å²) in [5, 5.41) is 41.0. The molecular weight excluding hydrogens is 588 g/mol. The predicted octanol–water partition coefficient (Wildman–Crippen LogP) is 1.78. The minimum Gasteiger partial charge on any atom is -0.458 e. The first kappa shape index (κ1) is 31.6. The number of unbranched alkanes of at least 4 members (excludes halogenated alkanes) is 1. The van der Waals surface area contributed by atoms with Gasteiger partial charge in [-0.3, -0.25) is 14.4 Å². The maximum atomic E-state index is 13.4. The molecule has 2 amide bonds. The molecule has 0 spiro atoms. The summed E-state index contributed by atoms with van der Waals surface area (Å²) < 4.78 is 12.3. The number of esters is 2. The van der Waals surface area contributed by atoms with Gasteiger partial charge in [0, 0.05) is 59.9 Å². The number of ketones is 1. The number of thioether (sulfide) groups is 1. The summed E-state index contributed by atoms with van der Waals surface area (Å²) in [6, 6.07) is 0.0914. The van der Waals surface area contributed by atoms with Gasteiger partial charge in [0.05, 0.1) is 24.3 Å². The summed E-state index contributed by atoms with van der Waals surface area (Å²) in [4.78, 5) is 51.0. The van der Waals surface area contributed by atoms with Crippen molar-refractivity contribution in [1.82, 2.24) is 10.6 Å². The van der Waals surface area contributed by atoms with Crippen molar-refractivity contribution in [1.29, 1.82) is 0 Å². The van der Waals surface area contributed by atoms with Crippen LogP contribution >= 0.6 is 11.8 Å².